The first kappa shape index (κ1) is 12.4. The summed E-state index contributed by atoms with van der Waals surface area (Å²) in [6, 6.07) is 0. The minimum Gasteiger partial charge on any atom is -0.477 e. The predicted octanol–water partition coefficient (Wildman–Crippen LogP) is 2.96. The van der Waals surface area contributed by atoms with Gasteiger partial charge in [-0.15, -0.1) is 0 Å². The number of hydrogen-bond donors (Lipinski definition) is 1. The van der Waals surface area contributed by atoms with Crippen LogP contribution < -0.4 is 0 Å². The molecule has 0 atom stereocenters. The van der Waals surface area contributed by atoms with Gasteiger partial charge < -0.3 is 9.67 Å². The van der Waals surface area contributed by atoms with E-state index in [1.165, 1.54) is 32.1 Å². The molecule has 20 heavy (non-hydrogen) atoms. The van der Waals surface area contributed by atoms with Gasteiger partial charge in [0.2, 0.25) is 0 Å². The average molecular weight is 274 g/mol. The van der Waals surface area contributed by atoms with E-state index in [9.17, 15) is 9.90 Å². The van der Waals surface area contributed by atoms with E-state index in [1.54, 1.807) is 13.3 Å². The maximum Gasteiger partial charge on any atom is 0.354 e. The standard InChI is InChI=1S/C16H22N2O2/c1-9-15(16(19)20)18(8-17-9)7-14-12-3-10-2-11(5-12)6-13(14)4-10/h8,10-14H,2-7H2,1H3,(H,19,20). The first-order valence-corrected chi connectivity index (χ1v) is 7.86. The van der Waals surface area contributed by atoms with Crippen molar-refractivity contribution in [2.75, 3.05) is 0 Å². The van der Waals surface area contributed by atoms with Gasteiger partial charge in [-0.2, -0.15) is 0 Å². The van der Waals surface area contributed by atoms with Crippen LogP contribution in [0.15, 0.2) is 6.33 Å². The van der Waals surface area contributed by atoms with Crippen LogP contribution in [0.3, 0.4) is 0 Å². The molecule has 5 rings (SSSR count). The van der Waals surface area contributed by atoms with E-state index in [0.29, 0.717) is 17.3 Å². The van der Waals surface area contributed by atoms with Crippen LogP contribution in [-0.2, 0) is 6.54 Å². The molecule has 0 amide bonds. The van der Waals surface area contributed by atoms with Gasteiger partial charge in [-0.25, -0.2) is 9.78 Å². The van der Waals surface area contributed by atoms with Crippen LogP contribution in [0.5, 0.6) is 0 Å². The van der Waals surface area contributed by atoms with Gasteiger partial charge in [0.25, 0.3) is 0 Å². The molecule has 0 aromatic carbocycles. The highest BCUT2D eigenvalue weighted by molar-refractivity contribution is 5.86. The first-order valence-electron chi connectivity index (χ1n) is 7.86. The molecule has 1 aromatic heterocycles. The van der Waals surface area contributed by atoms with E-state index in [0.717, 1.165) is 30.2 Å². The molecule has 1 heterocycles. The lowest BCUT2D eigenvalue weighted by molar-refractivity contribution is -0.0432. The highest BCUT2D eigenvalue weighted by Gasteiger charge is 2.48. The fourth-order valence-corrected chi connectivity index (χ4v) is 5.46. The Labute approximate surface area is 119 Å². The molecule has 4 aliphatic rings. The van der Waals surface area contributed by atoms with Gasteiger partial charge in [-0.05, 0) is 68.6 Å². The minimum atomic E-state index is -0.844. The molecule has 4 heteroatoms. The number of rotatable bonds is 3. The predicted molar refractivity (Wildman–Crippen MR) is 74.5 cm³/mol. The van der Waals surface area contributed by atoms with Gasteiger partial charge >= 0.3 is 5.97 Å². The van der Waals surface area contributed by atoms with E-state index >= 15 is 0 Å². The van der Waals surface area contributed by atoms with Crippen LogP contribution in [0.2, 0.25) is 0 Å². The molecule has 4 bridgehead atoms. The number of aryl methyl sites for hydroxylation is 1. The molecular weight excluding hydrogens is 252 g/mol. The normalized spacial score (nSPS) is 38.4. The lowest BCUT2D eigenvalue weighted by atomic mass is 9.52. The Hall–Kier alpha value is -1.32. The first-order chi connectivity index (χ1) is 9.61. The Kier molecular flexibility index (Phi) is 2.69. The van der Waals surface area contributed by atoms with Crippen molar-refractivity contribution < 1.29 is 9.90 Å². The zero-order chi connectivity index (χ0) is 13.9. The van der Waals surface area contributed by atoms with Crippen molar-refractivity contribution in [1.29, 1.82) is 0 Å². The SMILES string of the molecule is Cc1ncn(CC2C3CC4CC(C3)CC2C4)c1C(=O)O. The fourth-order valence-electron chi connectivity index (χ4n) is 5.46. The van der Waals surface area contributed by atoms with E-state index in [-0.39, 0.29) is 0 Å². The number of aromatic nitrogens is 2. The summed E-state index contributed by atoms with van der Waals surface area (Å²) in [7, 11) is 0. The third kappa shape index (κ3) is 1.80. The van der Waals surface area contributed by atoms with Crippen LogP contribution in [-0.4, -0.2) is 20.6 Å². The van der Waals surface area contributed by atoms with Gasteiger partial charge in [-0.1, -0.05) is 0 Å². The molecule has 0 saturated heterocycles. The number of carboxylic acids is 1. The average Bonchev–Trinajstić information content (AvgIpc) is 2.74. The number of nitrogens with zero attached hydrogens (tertiary/aromatic N) is 2. The molecule has 4 nitrogen and oxygen atoms in total. The molecule has 1 N–H and O–H groups in total. The van der Waals surface area contributed by atoms with Crippen molar-refractivity contribution in [2.45, 2.75) is 45.6 Å². The maximum atomic E-state index is 11.4. The van der Waals surface area contributed by atoms with Gasteiger partial charge in [0.05, 0.1) is 12.0 Å². The molecule has 0 unspecified atom stereocenters. The summed E-state index contributed by atoms with van der Waals surface area (Å²) in [6.45, 7) is 2.65. The monoisotopic (exact) mass is 274 g/mol. The second kappa shape index (κ2) is 4.34. The van der Waals surface area contributed by atoms with Crippen LogP contribution >= 0.6 is 0 Å². The largest absolute Gasteiger partial charge is 0.477 e. The summed E-state index contributed by atoms with van der Waals surface area (Å²) in [6.07, 6.45) is 8.72. The number of carbonyl (C=O) groups is 1. The zero-order valence-corrected chi connectivity index (χ0v) is 12.0. The van der Waals surface area contributed by atoms with Gasteiger partial charge in [-0.3, -0.25) is 0 Å². The van der Waals surface area contributed by atoms with Gasteiger partial charge in [0, 0.05) is 6.54 Å². The second-order valence-electron chi connectivity index (χ2n) is 7.23. The summed E-state index contributed by atoms with van der Waals surface area (Å²) in [5, 5.41) is 9.36. The van der Waals surface area contributed by atoms with Crippen molar-refractivity contribution in [3.8, 4) is 0 Å². The van der Waals surface area contributed by atoms with E-state index in [4.69, 9.17) is 0 Å². The Balaban J connectivity index is 1.59. The van der Waals surface area contributed by atoms with Crippen LogP contribution in [0.25, 0.3) is 0 Å². The zero-order valence-electron chi connectivity index (χ0n) is 12.0. The Bertz CT molecular complexity index is 521. The maximum absolute atomic E-state index is 11.4. The van der Waals surface area contributed by atoms with Crippen molar-refractivity contribution in [3.05, 3.63) is 17.7 Å². The lowest BCUT2D eigenvalue weighted by Crippen LogP contribution is -2.46. The molecule has 1 aromatic rings. The van der Waals surface area contributed by atoms with Gasteiger partial charge in [0.15, 0.2) is 0 Å². The summed E-state index contributed by atoms with van der Waals surface area (Å²) < 4.78 is 1.89. The lowest BCUT2D eigenvalue weighted by Gasteiger charge is -2.54. The number of imidazole rings is 1. The molecular formula is C16H22N2O2. The number of hydrogen-bond acceptors (Lipinski definition) is 2. The second-order valence-corrected chi connectivity index (χ2v) is 7.23. The molecule has 0 aliphatic heterocycles. The van der Waals surface area contributed by atoms with Crippen molar-refractivity contribution in [3.63, 3.8) is 0 Å². The number of aromatic carboxylic acids is 1. The van der Waals surface area contributed by atoms with E-state index in [2.05, 4.69) is 4.98 Å². The topological polar surface area (TPSA) is 55.1 Å². The Morgan fingerprint density at radius 2 is 1.85 bits per heavy atom. The van der Waals surface area contributed by atoms with E-state index in [1.807, 2.05) is 4.57 Å². The summed E-state index contributed by atoms with van der Waals surface area (Å²) in [5.41, 5.74) is 1.03. The minimum absolute atomic E-state index is 0.388. The smallest absolute Gasteiger partial charge is 0.354 e. The summed E-state index contributed by atoms with van der Waals surface area (Å²) >= 11 is 0. The van der Waals surface area contributed by atoms with Crippen LogP contribution in [0, 0.1) is 36.5 Å². The summed E-state index contributed by atoms with van der Waals surface area (Å²) in [5.74, 6) is 3.43. The van der Waals surface area contributed by atoms with Crippen molar-refractivity contribution in [2.24, 2.45) is 29.6 Å². The molecule has 4 aliphatic carbocycles. The summed E-state index contributed by atoms with van der Waals surface area (Å²) in [4.78, 5) is 15.6. The molecule has 0 spiro atoms. The molecule has 108 valence electrons. The Morgan fingerprint density at radius 3 is 2.40 bits per heavy atom. The highest BCUT2D eigenvalue weighted by atomic mass is 16.4. The molecule has 4 fully saturated rings. The highest BCUT2D eigenvalue weighted by Crippen LogP contribution is 2.56. The number of carboxylic acid groups (broad SMARTS) is 1. The van der Waals surface area contributed by atoms with Crippen molar-refractivity contribution in [1.82, 2.24) is 9.55 Å². The van der Waals surface area contributed by atoms with Crippen molar-refractivity contribution >= 4 is 5.97 Å². The molecule has 4 saturated carbocycles. The fraction of sp³-hybridized carbons (Fsp3) is 0.750. The Morgan fingerprint density at radius 1 is 1.25 bits per heavy atom. The third-order valence-electron chi connectivity index (χ3n) is 6.05. The third-order valence-corrected chi connectivity index (χ3v) is 6.05. The van der Waals surface area contributed by atoms with Crippen LogP contribution in [0.1, 0.15) is 48.3 Å². The van der Waals surface area contributed by atoms with E-state index < -0.39 is 5.97 Å². The van der Waals surface area contributed by atoms with Crippen LogP contribution in [0.4, 0.5) is 0 Å². The molecule has 0 radical (unpaired) electrons. The quantitative estimate of drug-likeness (QED) is 0.922. The van der Waals surface area contributed by atoms with Gasteiger partial charge in [0.1, 0.15) is 5.69 Å².